The normalized spacial score (nSPS) is 10.6. The van der Waals surface area contributed by atoms with Crippen LogP contribution in [-0.4, -0.2) is 12.5 Å². The number of benzene rings is 1. The van der Waals surface area contributed by atoms with E-state index in [4.69, 9.17) is 4.84 Å². The highest BCUT2D eigenvalue weighted by molar-refractivity contribution is 5.75. The van der Waals surface area contributed by atoms with Gasteiger partial charge in [-0.1, -0.05) is 26.0 Å². The van der Waals surface area contributed by atoms with Gasteiger partial charge in [0.05, 0.1) is 6.61 Å². The molecule has 0 aromatic heterocycles. The Morgan fingerprint density at radius 2 is 2.00 bits per heavy atom. The maximum absolute atomic E-state index is 12.6. The van der Waals surface area contributed by atoms with Crippen molar-refractivity contribution in [3.05, 3.63) is 35.6 Å². The number of rotatable bonds is 6. The maximum Gasteiger partial charge on any atom is 0.243 e. The van der Waals surface area contributed by atoms with Crippen LogP contribution in [0, 0.1) is 11.7 Å². The predicted octanol–water partition coefficient (Wildman–Crippen LogP) is 2.46. The van der Waals surface area contributed by atoms with Crippen molar-refractivity contribution in [2.75, 3.05) is 6.61 Å². The lowest BCUT2D eigenvalue weighted by Crippen LogP contribution is -2.25. The van der Waals surface area contributed by atoms with Crippen LogP contribution in [0.25, 0.3) is 0 Å². The molecule has 0 radical (unpaired) electrons. The number of hydroxylamine groups is 1. The molecule has 0 spiro atoms. The molecular formula is C13H18FNO2. The van der Waals surface area contributed by atoms with Crippen LogP contribution in [-0.2, 0) is 16.1 Å². The molecule has 0 atom stereocenters. The fourth-order valence-electron chi connectivity index (χ4n) is 1.25. The van der Waals surface area contributed by atoms with E-state index in [9.17, 15) is 9.18 Å². The van der Waals surface area contributed by atoms with Crippen molar-refractivity contribution >= 4 is 5.91 Å². The number of aryl methyl sites for hydroxylation is 1. The van der Waals surface area contributed by atoms with Crippen LogP contribution in [0.3, 0.4) is 0 Å². The van der Waals surface area contributed by atoms with Crippen LogP contribution in [0.2, 0.25) is 0 Å². The highest BCUT2D eigenvalue weighted by Crippen LogP contribution is 2.05. The van der Waals surface area contributed by atoms with E-state index in [1.807, 2.05) is 13.8 Å². The quantitative estimate of drug-likeness (QED) is 0.774. The Bertz CT molecular complexity index is 349. The third kappa shape index (κ3) is 6.02. The van der Waals surface area contributed by atoms with Crippen LogP contribution < -0.4 is 5.48 Å². The molecule has 0 unspecified atom stereocenters. The summed E-state index contributed by atoms with van der Waals surface area (Å²) in [5.41, 5.74) is 3.32. The SMILES string of the molecule is CC(C)CONC(=O)CCc1ccc(F)cc1. The van der Waals surface area contributed by atoms with E-state index in [1.165, 1.54) is 12.1 Å². The Balaban J connectivity index is 2.21. The number of hydrogen-bond donors (Lipinski definition) is 1. The first-order valence-electron chi connectivity index (χ1n) is 5.73. The van der Waals surface area contributed by atoms with E-state index in [1.54, 1.807) is 12.1 Å². The third-order valence-electron chi connectivity index (χ3n) is 2.16. The van der Waals surface area contributed by atoms with E-state index in [2.05, 4.69) is 5.48 Å². The van der Waals surface area contributed by atoms with E-state index >= 15 is 0 Å². The van der Waals surface area contributed by atoms with Gasteiger partial charge in [-0.25, -0.2) is 9.87 Å². The van der Waals surface area contributed by atoms with Gasteiger partial charge in [0.2, 0.25) is 5.91 Å². The lowest BCUT2D eigenvalue weighted by molar-refractivity contribution is -0.134. The molecule has 0 heterocycles. The van der Waals surface area contributed by atoms with Gasteiger partial charge >= 0.3 is 0 Å². The summed E-state index contributed by atoms with van der Waals surface area (Å²) in [6, 6.07) is 6.14. The van der Waals surface area contributed by atoms with Gasteiger partial charge < -0.3 is 0 Å². The second-order valence-electron chi connectivity index (χ2n) is 4.36. The maximum atomic E-state index is 12.6. The van der Waals surface area contributed by atoms with Gasteiger partial charge in [0.25, 0.3) is 0 Å². The molecule has 4 heteroatoms. The summed E-state index contributed by atoms with van der Waals surface area (Å²) in [7, 11) is 0. The van der Waals surface area contributed by atoms with E-state index in [0.717, 1.165) is 5.56 Å². The molecule has 0 fully saturated rings. The monoisotopic (exact) mass is 239 g/mol. The molecule has 1 N–H and O–H groups in total. The minimum absolute atomic E-state index is 0.157. The molecule has 0 bridgehead atoms. The van der Waals surface area contributed by atoms with Gasteiger partial charge in [-0.3, -0.25) is 9.63 Å². The molecule has 0 saturated carbocycles. The Labute approximate surface area is 101 Å². The first kappa shape index (κ1) is 13.6. The minimum atomic E-state index is -0.265. The van der Waals surface area contributed by atoms with Crippen molar-refractivity contribution in [1.82, 2.24) is 5.48 Å². The van der Waals surface area contributed by atoms with Gasteiger partial charge in [0.15, 0.2) is 0 Å². The Hall–Kier alpha value is -1.42. The highest BCUT2D eigenvalue weighted by atomic mass is 19.1. The zero-order chi connectivity index (χ0) is 12.7. The van der Waals surface area contributed by atoms with Crippen molar-refractivity contribution in [2.24, 2.45) is 5.92 Å². The topological polar surface area (TPSA) is 38.3 Å². The van der Waals surface area contributed by atoms with Crippen LogP contribution >= 0.6 is 0 Å². The molecule has 1 amide bonds. The summed E-state index contributed by atoms with van der Waals surface area (Å²) < 4.78 is 12.6. The minimum Gasteiger partial charge on any atom is -0.273 e. The zero-order valence-corrected chi connectivity index (χ0v) is 10.2. The number of amides is 1. The molecule has 1 aromatic rings. The molecule has 1 rings (SSSR count). The van der Waals surface area contributed by atoms with E-state index < -0.39 is 0 Å². The molecule has 0 aliphatic carbocycles. The smallest absolute Gasteiger partial charge is 0.243 e. The van der Waals surface area contributed by atoms with Gasteiger partial charge in [0, 0.05) is 6.42 Å². The van der Waals surface area contributed by atoms with E-state index in [-0.39, 0.29) is 11.7 Å². The number of halogens is 1. The van der Waals surface area contributed by atoms with Gasteiger partial charge in [-0.05, 0) is 30.0 Å². The Kier molecular flexibility index (Phi) is 5.63. The molecule has 94 valence electrons. The van der Waals surface area contributed by atoms with Crippen molar-refractivity contribution in [1.29, 1.82) is 0 Å². The van der Waals surface area contributed by atoms with Crippen LogP contribution in [0.4, 0.5) is 4.39 Å². The van der Waals surface area contributed by atoms with Gasteiger partial charge in [-0.15, -0.1) is 0 Å². The standard InChI is InChI=1S/C13H18FNO2/c1-10(2)9-17-15-13(16)8-5-11-3-6-12(14)7-4-11/h3-4,6-7,10H,5,8-9H2,1-2H3,(H,15,16). The molecule has 3 nitrogen and oxygen atoms in total. The van der Waals surface area contributed by atoms with Gasteiger partial charge in [0.1, 0.15) is 5.82 Å². The molecular weight excluding hydrogens is 221 g/mol. The van der Waals surface area contributed by atoms with E-state index in [0.29, 0.717) is 25.4 Å². The molecule has 1 aromatic carbocycles. The van der Waals surface area contributed by atoms with Crippen molar-refractivity contribution in [3.63, 3.8) is 0 Å². The number of carbonyl (C=O) groups excluding carboxylic acids is 1. The average molecular weight is 239 g/mol. The van der Waals surface area contributed by atoms with Crippen molar-refractivity contribution in [3.8, 4) is 0 Å². The summed E-state index contributed by atoms with van der Waals surface area (Å²) in [5, 5.41) is 0. The van der Waals surface area contributed by atoms with Crippen LogP contribution in [0.15, 0.2) is 24.3 Å². The largest absolute Gasteiger partial charge is 0.273 e. The summed E-state index contributed by atoms with van der Waals surface area (Å²) >= 11 is 0. The molecule has 0 aliphatic heterocycles. The van der Waals surface area contributed by atoms with Gasteiger partial charge in [-0.2, -0.15) is 0 Å². The number of hydrogen-bond acceptors (Lipinski definition) is 2. The average Bonchev–Trinajstić information content (AvgIpc) is 2.28. The summed E-state index contributed by atoms with van der Waals surface area (Å²) in [6.45, 7) is 4.51. The first-order valence-corrected chi connectivity index (χ1v) is 5.73. The van der Waals surface area contributed by atoms with Crippen molar-refractivity contribution in [2.45, 2.75) is 26.7 Å². The molecule has 0 saturated heterocycles. The fourth-order valence-corrected chi connectivity index (χ4v) is 1.25. The number of nitrogens with one attached hydrogen (secondary N) is 1. The summed E-state index contributed by atoms with van der Waals surface area (Å²) in [6.07, 6.45) is 0.918. The predicted molar refractivity (Wildman–Crippen MR) is 63.7 cm³/mol. The Morgan fingerprint density at radius 3 is 2.59 bits per heavy atom. The highest BCUT2D eigenvalue weighted by Gasteiger charge is 2.03. The van der Waals surface area contributed by atoms with Crippen molar-refractivity contribution < 1.29 is 14.0 Å². The number of carbonyl (C=O) groups is 1. The second-order valence-corrected chi connectivity index (χ2v) is 4.36. The molecule has 0 aliphatic rings. The molecule has 17 heavy (non-hydrogen) atoms. The van der Waals surface area contributed by atoms with Crippen LogP contribution in [0.5, 0.6) is 0 Å². The first-order chi connectivity index (χ1) is 8.08. The summed E-state index contributed by atoms with van der Waals surface area (Å²) in [5.74, 6) is -0.0409. The lowest BCUT2D eigenvalue weighted by Gasteiger charge is -2.07. The fraction of sp³-hybridized carbons (Fsp3) is 0.462. The Morgan fingerprint density at radius 1 is 1.35 bits per heavy atom. The third-order valence-corrected chi connectivity index (χ3v) is 2.16. The lowest BCUT2D eigenvalue weighted by atomic mass is 10.1. The van der Waals surface area contributed by atoms with Crippen LogP contribution in [0.1, 0.15) is 25.8 Å². The second kappa shape index (κ2) is 7.01. The summed E-state index contributed by atoms with van der Waals surface area (Å²) in [4.78, 5) is 16.4. The zero-order valence-electron chi connectivity index (χ0n) is 10.2.